The number of ether oxygens (including phenoxy) is 13. The maximum absolute atomic E-state index is 12.5. The van der Waals surface area contributed by atoms with Gasteiger partial charge in [0.25, 0.3) is 20.2 Å². The summed E-state index contributed by atoms with van der Waals surface area (Å²) in [5.74, 6) is -8.04. The maximum Gasteiger partial charge on any atom is 0.408 e. The Labute approximate surface area is 605 Å². The van der Waals surface area contributed by atoms with Gasteiger partial charge in [0, 0.05) is 60.3 Å². The zero-order chi connectivity index (χ0) is 77.4. The van der Waals surface area contributed by atoms with Crippen molar-refractivity contribution in [1.82, 2.24) is 24.6 Å². The molecule has 0 aromatic heterocycles. The molecule has 2 saturated heterocycles. The van der Waals surface area contributed by atoms with Gasteiger partial charge in [0.1, 0.15) is 80.2 Å². The summed E-state index contributed by atoms with van der Waals surface area (Å²) < 4.78 is 78.7. The smallest absolute Gasteiger partial charge is 0.408 e. The topological polar surface area (TPSA) is 442 Å². The fourth-order valence-electron chi connectivity index (χ4n) is 9.54. The first-order valence-corrected chi connectivity index (χ1v) is 32.3. The average molecular weight is 1470 g/mol. The molecule has 2 amide bonds. The van der Waals surface area contributed by atoms with Gasteiger partial charge in [-0.2, -0.15) is 0 Å². The van der Waals surface area contributed by atoms with E-state index in [-0.39, 0.29) is 121 Å². The fourth-order valence-corrected chi connectivity index (χ4v) is 9.54. The van der Waals surface area contributed by atoms with Gasteiger partial charge in [-0.1, -0.05) is 43.8 Å². The summed E-state index contributed by atoms with van der Waals surface area (Å²) in [6, 6.07) is 16.9. The summed E-state index contributed by atoms with van der Waals surface area (Å²) in [5.41, 5.74) is 1.87. The van der Waals surface area contributed by atoms with E-state index in [1.54, 1.807) is 81.4 Å². The third kappa shape index (κ3) is 35.1. The van der Waals surface area contributed by atoms with Crippen molar-refractivity contribution < 1.29 is 133 Å². The predicted octanol–water partition coefficient (Wildman–Crippen LogP) is 3.77. The van der Waals surface area contributed by atoms with Gasteiger partial charge in [-0.25, -0.2) is 19.2 Å². The number of benzene rings is 3. The van der Waals surface area contributed by atoms with E-state index in [0.717, 1.165) is 32.5 Å². The standard InChI is InChI=1S/C33H42N2O14.C19H22N2O7.C19H20NO7.CH4/c1-18(2)45-31(41)27(13-10-24(40)15-34-7)35-33(42)44-16-23-8-11-25(12-9-23)48-32-26(14-19(3)36)29(46-21(5)38)30(47-22(6)39)28(49-32)17-43-20(4)37;1-4-26-18(24)17(10-7-15(23)11-20-3)21-19(25)27-12-14-5-8-16(9-6-14)28-13(2)22;1-12(21)27-15-6-3-13(4-7-15)10-25-19(24)17-11-26-18(23)16(17)8-5-14(22)9-20-2;/h8-9,11-12,15,18,26-30,32H,7,10,13-14,16-17H2,1-6H3;5-6,8-9,11,17H,3-4,7,10,12H2,1-2H3;3-4,6-7,9,16-17H,2,5,8,10-11H2,1H3;1H4/q;;+1;/p+2/t26-,27+,28-,29-,30-,32-;17-;16-,17?;/m101./s1. The van der Waals surface area contributed by atoms with E-state index >= 15 is 0 Å². The van der Waals surface area contributed by atoms with E-state index in [0.29, 0.717) is 28.2 Å². The molecule has 3 aromatic carbocycles. The Morgan fingerprint density at radius 1 is 0.552 bits per heavy atom. The molecule has 2 N–H and O–H groups in total. The molecule has 2 fully saturated rings. The zero-order valence-electron chi connectivity index (χ0n) is 59.0. The number of ketones is 4. The lowest BCUT2D eigenvalue weighted by Crippen LogP contribution is -2.60. The molecule has 0 radical (unpaired) electrons. The Morgan fingerprint density at radius 3 is 1.41 bits per heavy atom. The van der Waals surface area contributed by atoms with E-state index in [4.69, 9.17) is 61.6 Å². The highest BCUT2D eigenvalue weighted by molar-refractivity contribution is 6.28. The largest absolute Gasteiger partial charge is 0.465 e. The first-order valence-electron chi connectivity index (χ1n) is 32.3. The molecule has 3 aromatic rings. The number of nitrogens with one attached hydrogen (secondary N) is 2. The molecule has 0 aliphatic carbocycles. The summed E-state index contributed by atoms with van der Waals surface area (Å²) in [5, 5.41) is 4.80. The van der Waals surface area contributed by atoms with Gasteiger partial charge in [0.15, 0.2) is 12.2 Å². The molecule has 105 heavy (non-hydrogen) atoms. The van der Waals surface area contributed by atoms with Gasteiger partial charge < -0.3 is 77.0 Å². The molecule has 568 valence electrons. The number of rotatable bonds is 35. The second-order valence-corrected chi connectivity index (χ2v) is 23.0. The first-order chi connectivity index (χ1) is 49.3. The minimum absolute atomic E-state index is 0. The van der Waals surface area contributed by atoms with Gasteiger partial charge in [-0.15, -0.1) is 14.0 Å². The lowest BCUT2D eigenvalue weighted by atomic mass is 9.86. The highest BCUT2D eigenvalue weighted by atomic mass is 16.7. The number of cyclic esters (lactones) is 1. The average Bonchev–Trinajstić information content (AvgIpc) is 1.32. The molecule has 33 heteroatoms. The summed E-state index contributed by atoms with van der Waals surface area (Å²) in [7, 11) is 0. The van der Waals surface area contributed by atoms with Crippen LogP contribution in [-0.2, 0) is 130 Å². The third-order valence-corrected chi connectivity index (χ3v) is 14.1. The highest BCUT2D eigenvalue weighted by Gasteiger charge is 2.52. The van der Waals surface area contributed by atoms with Gasteiger partial charge in [0.2, 0.25) is 23.6 Å². The molecule has 0 bridgehead atoms. The molecule has 0 saturated carbocycles. The van der Waals surface area contributed by atoms with Crippen LogP contribution in [0.15, 0.2) is 72.8 Å². The Bertz CT molecular complexity index is 3670. The minimum Gasteiger partial charge on any atom is -0.465 e. The van der Waals surface area contributed by atoms with E-state index < -0.39 is 126 Å². The number of esters is 9. The maximum atomic E-state index is 12.5. The highest BCUT2D eigenvalue weighted by Crippen LogP contribution is 2.36. The molecular weight excluding hydrogens is 1380 g/mol. The fraction of sp³-hybridized carbons (Fsp3) is 0.458. The number of amides is 2. The lowest BCUT2D eigenvalue weighted by Gasteiger charge is -2.44. The van der Waals surface area contributed by atoms with Crippen molar-refractivity contribution in [2.24, 2.45) is 17.8 Å². The van der Waals surface area contributed by atoms with E-state index in [9.17, 15) is 71.9 Å². The Kier molecular flexibility index (Phi) is 40.3. The molecular formula is C72H90N5O28+3. The summed E-state index contributed by atoms with van der Waals surface area (Å²) in [4.78, 5) is 178. The predicted molar refractivity (Wildman–Crippen MR) is 373 cm³/mol. The van der Waals surface area contributed by atoms with Gasteiger partial charge in [-0.3, -0.25) is 47.9 Å². The van der Waals surface area contributed by atoms with Crippen LogP contribution in [0, 0.1) is 17.8 Å². The number of carbonyl (C=O) groups is 15. The van der Waals surface area contributed by atoms with Crippen molar-refractivity contribution in [1.29, 1.82) is 0 Å². The monoisotopic (exact) mass is 1470 g/mol. The van der Waals surface area contributed by atoms with Crippen molar-refractivity contribution in [3.05, 3.63) is 89.5 Å². The van der Waals surface area contributed by atoms with Gasteiger partial charge in [-0.05, 0) is 100 Å². The normalized spacial score (nSPS) is 17.1. The van der Waals surface area contributed by atoms with Crippen LogP contribution >= 0.6 is 0 Å². The molecule has 2 heterocycles. The number of hydrogen-bond acceptors (Lipinski definition) is 28. The molecule has 2 aliphatic rings. The SMILES string of the molecule is C.C=[N+]=CC(=O)CC[C@H](NC(=O)OCc1ccc(OC(C)=O)cc1)C(=O)OCC.C=[N+]=CC(=O)CC[C@H](NC(=O)OCc1ccc(O[C@@H]2O[C@H](COC(C)=O)[C@@H](OC(C)=O)[C@H](OC(C)=O)[C@H]2CC(C)=O)cc1)C(=O)OC(C)C.C=[N+]=CC(=O)CC[C@H]1C(=O)OCC1C(=O)OCc1ccc(OC(C)=O)cc1. The zero-order valence-corrected chi connectivity index (χ0v) is 59.0. The van der Waals surface area contributed by atoms with Crippen LogP contribution in [0.2, 0.25) is 0 Å². The van der Waals surface area contributed by atoms with Crippen LogP contribution in [0.5, 0.6) is 17.2 Å². The molecule has 2 aliphatic heterocycles. The quantitative estimate of drug-likeness (QED) is 0.0278. The molecule has 33 nitrogen and oxygen atoms in total. The van der Waals surface area contributed by atoms with Crippen LogP contribution in [0.4, 0.5) is 9.59 Å². The Morgan fingerprint density at radius 2 is 0.990 bits per heavy atom. The lowest BCUT2D eigenvalue weighted by molar-refractivity contribution is -0.270. The van der Waals surface area contributed by atoms with Crippen molar-refractivity contribution in [2.75, 3.05) is 19.8 Å². The van der Waals surface area contributed by atoms with Crippen LogP contribution in [0.3, 0.4) is 0 Å². The first kappa shape index (κ1) is 89.3. The van der Waals surface area contributed by atoms with E-state index in [1.807, 2.05) is 0 Å². The second-order valence-electron chi connectivity index (χ2n) is 23.0. The van der Waals surface area contributed by atoms with Crippen LogP contribution < -0.4 is 38.8 Å². The van der Waals surface area contributed by atoms with E-state index in [1.165, 1.54) is 39.8 Å². The number of carbonyl (C=O) groups excluding carboxylic acids is 15. The minimum atomic E-state index is -1.22. The van der Waals surface area contributed by atoms with Crippen LogP contribution in [0.25, 0.3) is 0 Å². The van der Waals surface area contributed by atoms with Crippen LogP contribution in [-0.4, -0.2) is 190 Å². The van der Waals surface area contributed by atoms with Crippen molar-refractivity contribution >= 4 is 128 Å². The Balaban J connectivity index is 0.000000571. The number of nitrogens with zero attached hydrogens (tertiary/aromatic N) is 3. The van der Waals surface area contributed by atoms with E-state index in [2.05, 4.69) is 44.8 Å². The van der Waals surface area contributed by atoms with Crippen molar-refractivity contribution in [3.63, 3.8) is 0 Å². The van der Waals surface area contributed by atoms with Gasteiger partial charge >= 0.3 is 84.6 Å². The molecule has 9 atom stereocenters. The molecule has 5 rings (SSSR count). The number of hydrogen-bond donors (Lipinski definition) is 2. The number of Topliss-reactive ketones (excluding diaryl/α,β-unsaturated/α-hetero) is 4. The van der Waals surface area contributed by atoms with Crippen molar-refractivity contribution in [2.45, 2.75) is 177 Å². The van der Waals surface area contributed by atoms with Gasteiger partial charge in [0.05, 0.1) is 24.5 Å². The van der Waals surface area contributed by atoms with Crippen LogP contribution in [0.1, 0.15) is 131 Å². The second kappa shape index (κ2) is 47.4. The summed E-state index contributed by atoms with van der Waals surface area (Å²) in [6.45, 7) is 21.3. The summed E-state index contributed by atoms with van der Waals surface area (Å²) in [6.07, 6.45) is -3.86. The number of alkyl carbamates (subject to hydrolysis) is 2. The molecule has 1 unspecified atom stereocenters. The molecule has 0 spiro atoms. The third-order valence-electron chi connectivity index (χ3n) is 14.1. The van der Waals surface area contributed by atoms with Crippen molar-refractivity contribution in [3.8, 4) is 17.2 Å². The Hall–Kier alpha value is -11.8. The summed E-state index contributed by atoms with van der Waals surface area (Å²) >= 11 is 0.